The third-order valence-electron chi connectivity index (χ3n) is 3.38. The molecule has 1 aromatic carbocycles. The number of aryl methyl sites for hydroxylation is 3. The van der Waals surface area contributed by atoms with E-state index in [0.717, 1.165) is 30.5 Å². The highest BCUT2D eigenvalue weighted by Gasteiger charge is 2.16. The van der Waals surface area contributed by atoms with Crippen molar-refractivity contribution in [3.8, 4) is 0 Å². The minimum absolute atomic E-state index is 0.173. The highest BCUT2D eigenvalue weighted by molar-refractivity contribution is 9.11. The van der Waals surface area contributed by atoms with Crippen LogP contribution in [0, 0.1) is 20.8 Å². The van der Waals surface area contributed by atoms with E-state index in [0.29, 0.717) is 0 Å². The topological polar surface area (TPSA) is 24.9 Å². The smallest absolute Gasteiger partial charge is 0.0634 e. The molecule has 21 heavy (non-hydrogen) atoms. The first-order valence-corrected chi connectivity index (χ1v) is 9.03. The minimum Gasteiger partial charge on any atom is -0.377 e. The zero-order valence-electron chi connectivity index (χ0n) is 12.4. The van der Waals surface area contributed by atoms with Crippen molar-refractivity contribution in [3.05, 3.63) is 54.1 Å². The number of hydrogen-bond donors (Lipinski definition) is 1. The second kappa shape index (κ2) is 6.80. The summed E-state index contributed by atoms with van der Waals surface area (Å²) >= 11 is 10.7. The fourth-order valence-corrected chi connectivity index (χ4v) is 5.14. The molecule has 2 nitrogen and oxygen atoms in total. The molecule has 0 aliphatic carbocycles. The lowest BCUT2D eigenvalue weighted by atomic mass is 10.00. The van der Waals surface area contributed by atoms with Crippen molar-refractivity contribution in [2.24, 2.45) is 0 Å². The maximum atomic E-state index is 4.59. The van der Waals surface area contributed by atoms with Gasteiger partial charge in [0.05, 0.1) is 11.7 Å². The number of halogens is 3. The first-order chi connectivity index (χ1) is 9.79. The number of anilines is 1. The molecule has 1 heterocycles. The molecule has 1 aromatic heterocycles. The molecule has 0 spiro atoms. The summed E-state index contributed by atoms with van der Waals surface area (Å²) in [6, 6.07) is 6.37. The second-order valence-electron chi connectivity index (χ2n) is 5.19. The van der Waals surface area contributed by atoms with Crippen LogP contribution in [0.15, 0.2) is 31.6 Å². The number of benzene rings is 1. The van der Waals surface area contributed by atoms with Gasteiger partial charge in [-0.05, 0) is 88.9 Å². The highest BCUT2D eigenvalue weighted by Crippen LogP contribution is 2.37. The number of pyridine rings is 1. The van der Waals surface area contributed by atoms with Crippen LogP contribution in [0.25, 0.3) is 0 Å². The summed E-state index contributed by atoms with van der Waals surface area (Å²) in [5.74, 6) is 0. The lowest BCUT2D eigenvalue weighted by Crippen LogP contribution is -2.12. The van der Waals surface area contributed by atoms with E-state index in [2.05, 4.69) is 84.9 Å². The first-order valence-electron chi connectivity index (χ1n) is 6.65. The van der Waals surface area contributed by atoms with E-state index in [-0.39, 0.29) is 6.04 Å². The fraction of sp³-hybridized carbons (Fsp3) is 0.312. The van der Waals surface area contributed by atoms with Crippen molar-refractivity contribution in [2.45, 2.75) is 33.7 Å². The summed E-state index contributed by atoms with van der Waals surface area (Å²) in [6.07, 6.45) is 0. The number of aromatic nitrogens is 1. The molecular formula is C16H17Br3N2. The van der Waals surface area contributed by atoms with E-state index in [9.17, 15) is 0 Å². The summed E-state index contributed by atoms with van der Waals surface area (Å²) in [5, 5.41) is 3.57. The van der Waals surface area contributed by atoms with E-state index in [1.54, 1.807) is 0 Å². The Balaban J connectivity index is 2.37. The molecule has 0 fully saturated rings. The molecule has 0 bridgehead atoms. The Morgan fingerprint density at radius 3 is 2.10 bits per heavy atom. The van der Waals surface area contributed by atoms with Crippen molar-refractivity contribution in [2.75, 3.05) is 5.32 Å². The number of hydrogen-bond acceptors (Lipinski definition) is 2. The largest absolute Gasteiger partial charge is 0.377 e. The normalized spacial score (nSPS) is 12.3. The van der Waals surface area contributed by atoms with Gasteiger partial charge in [0, 0.05) is 24.8 Å². The molecule has 0 radical (unpaired) electrons. The summed E-state index contributed by atoms with van der Waals surface area (Å²) in [7, 11) is 0. The van der Waals surface area contributed by atoms with Crippen molar-refractivity contribution in [3.63, 3.8) is 0 Å². The maximum absolute atomic E-state index is 4.59. The maximum Gasteiger partial charge on any atom is 0.0634 e. The summed E-state index contributed by atoms with van der Waals surface area (Å²) < 4.78 is 3.07. The van der Waals surface area contributed by atoms with Gasteiger partial charge in [-0.3, -0.25) is 4.98 Å². The summed E-state index contributed by atoms with van der Waals surface area (Å²) in [6.45, 7) is 8.40. The SMILES string of the molecule is Cc1cc(C)c(C(C)Nc2c(Br)cc(Br)cc2Br)c(C)n1. The number of nitrogens with one attached hydrogen (secondary N) is 1. The van der Waals surface area contributed by atoms with Crippen LogP contribution in [0.4, 0.5) is 5.69 Å². The molecule has 2 rings (SSSR count). The molecular weight excluding hydrogens is 460 g/mol. The van der Waals surface area contributed by atoms with Gasteiger partial charge in [-0.1, -0.05) is 15.9 Å². The molecule has 5 heteroatoms. The molecule has 112 valence electrons. The lowest BCUT2D eigenvalue weighted by Gasteiger charge is -2.22. The van der Waals surface area contributed by atoms with Gasteiger partial charge in [0.25, 0.3) is 0 Å². The quantitative estimate of drug-likeness (QED) is 0.549. The Hall–Kier alpha value is -0.390. The Morgan fingerprint density at radius 2 is 1.57 bits per heavy atom. The summed E-state index contributed by atoms with van der Waals surface area (Å²) in [5.41, 5.74) is 5.71. The zero-order chi connectivity index (χ0) is 15.7. The van der Waals surface area contributed by atoms with Crippen LogP contribution in [0.1, 0.15) is 35.5 Å². The predicted octanol–water partition coefficient (Wildman–Crippen LogP) is 6.47. The number of nitrogens with zero attached hydrogens (tertiary/aromatic N) is 1. The molecule has 1 unspecified atom stereocenters. The van der Waals surface area contributed by atoms with Gasteiger partial charge in [-0.25, -0.2) is 0 Å². The molecule has 0 amide bonds. The monoisotopic (exact) mass is 474 g/mol. The van der Waals surface area contributed by atoms with Gasteiger partial charge >= 0.3 is 0 Å². The third-order valence-corrected chi connectivity index (χ3v) is 5.09. The standard InChI is InChI=1S/C16H17Br3N2/c1-8-5-9(2)20-10(3)15(8)11(4)21-16-13(18)6-12(17)7-14(16)19/h5-7,11,21H,1-4H3. The second-order valence-corrected chi connectivity index (χ2v) is 7.81. The van der Waals surface area contributed by atoms with E-state index < -0.39 is 0 Å². The van der Waals surface area contributed by atoms with Crippen LogP contribution in [-0.2, 0) is 0 Å². The first kappa shape index (κ1) is 17.0. The van der Waals surface area contributed by atoms with Gasteiger partial charge in [0.2, 0.25) is 0 Å². The van der Waals surface area contributed by atoms with Gasteiger partial charge < -0.3 is 5.32 Å². The molecule has 0 aliphatic heterocycles. The van der Waals surface area contributed by atoms with Gasteiger partial charge in [-0.15, -0.1) is 0 Å². The Bertz CT molecular complexity index is 637. The van der Waals surface area contributed by atoms with Gasteiger partial charge in [0.1, 0.15) is 0 Å². The third kappa shape index (κ3) is 3.88. The molecule has 1 atom stereocenters. The Labute approximate surface area is 151 Å². The molecule has 0 saturated carbocycles. The van der Waals surface area contributed by atoms with Crippen LogP contribution < -0.4 is 5.32 Å². The van der Waals surface area contributed by atoms with Crippen LogP contribution in [0.5, 0.6) is 0 Å². The summed E-state index contributed by atoms with van der Waals surface area (Å²) in [4.78, 5) is 4.59. The number of rotatable bonds is 3. The van der Waals surface area contributed by atoms with Crippen molar-refractivity contribution in [1.29, 1.82) is 0 Å². The minimum atomic E-state index is 0.173. The molecule has 0 aliphatic rings. The van der Waals surface area contributed by atoms with E-state index in [1.807, 2.05) is 19.1 Å². The van der Waals surface area contributed by atoms with E-state index >= 15 is 0 Å². The lowest BCUT2D eigenvalue weighted by molar-refractivity contribution is 0.841. The fourth-order valence-electron chi connectivity index (χ4n) is 2.66. The van der Waals surface area contributed by atoms with Crippen molar-refractivity contribution < 1.29 is 0 Å². The van der Waals surface area contributed by atoms with Crippen LogP contribution in [0.2, 0.25) is 0 Å². The zero-order valence-corrected chi connectivity index (χ0v) is 17.1. The van der Waals surface area contributed by atoms with Crippen molar-refractivity contribution in [1.82, 2.24) is 4.98 Å². The van der Waals surface area contributed by atoms with Crippen LogP contribution >= 0.6 is 47.8 Å². The Kier molecular flexibility index (Phi) is 5.49. The van der Waals surface area contributed by atoms with Gasteiger partial charge in [0.15, 0.2) is 0 Å². The van der Waals surface area contributed by atoms with E-state index in [1.165, 1.54) is 11.1 Å². The molecule has 0 saturated heterocycles. The average molecular weight is 477 g/mol. The van der Waals surface area contributed by atoms with Gasteiger partial charge in [-0.2, -0.15) is 0 Å². The highest BCUT2D eigenvalue weighted by atomic mass is 79.9. The molecule has 1 N–H and O–H groups in total. The predicted molar refractivity (Wildman–Crippen MR) is 100 cm³/mol. The Morgan fingerprint density at radius 1 is 1.00 bits per heavy atom. The van der Waals surface area contributed by atoms with E-state index in [4.69, 9.17) is 0 Å². The average Bonchev–Trinajstić information content (AvgIpc) is 2.32. The molecule has 2 aromatic rings. The van der Waals surface area contributed by atoms with Crippen molar-refractivity contribution >= 4 is 53.5 Å². The van der Waals surface area contributed by atoms with Crippen LogP contribution in [-0.4, -0.2) is 4.98 Å². The van der Waals surface area contributed by atoms with Crippen LogP contribution in [0.3, 0.4) is 0 Å².